The van der Waals surface area contributed by atoms with E-state index in [0.29, 0.717) is 6.07 Å². The molecule has 0 saturated heterocycles. The molecule has 2 N–H and O–H groups in total. The number of hydrogen-bond donors (Lipinski definition) is 1. The topological polar surface area (TPSA) is 98.3 Å². The van der Waals surface area contributed by atoms with E-state index in [-0.39, 0.29) is 33.4 Å². The van der Waals surface area contributed by atoms with Gasteiger partial charge in [-0.05, 0) is 48.5 Å². The second-order valence-electron chi connectivity index (χ2n) is 6.61. The number of aromatic nitrogens is 2. The van der Waals surface area contributed by atoms with Crippen LogP contribution in [-0.2, 0) is 21.0 Å². The molecule has 1 aromatic heterocycles. The van der Waals surface area contributed by atoms with Crippen molar-refractivity contribution in [3.8, 4) is 16.9 Å². The van der Waals surface area contributed by atoms with Gasteiger partial charge in [-0.15, -0.1) is 0 Å². The van der Waals surface area contributed by atoms with Gasteiger partial charge in [0.25, 0.3) is 0 Å². The third-order valence-corrected chi connectivity index (χ3v) is 5.43. The molecule has 0 unspecified atom stereocenters. The maximum Gasteiger partial charge on any atom is 0.435 e. The fraction of sp³-hybridized carbons (Fsp3) is 0.158. The highest BCUT2D eigenvalue weighted by Gasteiger charge is 2.35. The van der Waals surface area contributed by atoms with Crippen molar-refractivity contribution in [1.29, 1.82) is 0 Å². The summed E-state index contributed by atoms with van der Waals surface area (Å²) in [6.45, 7) is 1.28. The Balaban J connectivity index is 2.17. The van der Waals surface area contributed by atoms with Crippen LogP contribution in [-0.4, -0.2) is 31.2 Å². The molecule has 3 rings (SSSR count). The molecule has 0 radical (unpaired) electrons. The van der Waals surface area contributed by atoms with Crippen molar-refractivity contribution >= 4 is 21.6 Å². The first-order valence-corrected chi connectivity index (χ1v) is 10.2. The van der Waals surface area contributed by atoms with E-state index in [1.807, 2.05) is 0 Å². The van der Waals surface area contributed by atoms with Gasteiger partial charge in [-0.25, -0.2) is 22.6 Å². The molecule has 0 bridgehead atoms. The Labute approximate surface area is 174 Å². The molecule has 0 fully saturated rings. The van der Waals surface area contributed by atoms with E-state index < -0.39 is 27.7 Å². The number of carbonyl (C=O) groups excluding carboxylic acids is 1. The van der Waals surface area contributed by atoms with Gasteiger partial charge in [0, 0.05) is 25.2 Å². The van der Waals surface area contributed by atoms with Gasteiger partial charge in [0.15, 0.2) is 5.69 Å². The summed E-state index contributed by atoms with van der Waals surface area (Å²) >= 11 is 0. The minimum atomic E-state index is -4.80. The third-order valence-electron chi connectivity index (χ3n) is 4.50. The molecule has 12 heteroatoms. The Hall–Kier alpha value is -3.25. The minimum absolute atomic E-state index is 0.0576. The standard InChI is InChI=1S/C19H16F4N4O3S/c1-11(28)26(2)13-5-8-15(16(20)9-13)17-10-18(19(21,22)23)25-27(17)12-3-6-14(7-4-12)31(24,29)30/h3-10H,1-2H3,(H2,24,29,30). The highest BCUT2D eigenvalue weighted by molar-refractivity contribution is 7.89. The number of benzene rings is 2. The summed E-state index contributed by atoms with van der Waals surface area (Å²) in [6, 6.07) is 8.92. The Bertz CT molecular complexity index is 1250. The predicted molar refractivity (Wildman–Crippen MR) is 104 cm³/mol. The van der Waals surface area contributed by atoms with Gasteiger partial charge < -0.3 is 4.90 Å². The quantitative estimate of drug-likeness (QED) is 0.609. The van der Waals surface area contributed by atoms with Gasteiger partial charge in [0.2, 0.25) is 15.9 Å². The SMILES string of the molecule is CC(=O)N(C)c1ccc(-c2cc(C(F)(F)F)nn2-c2ccc(S(N)(=O)=O)cc2)c(F)c1. The van der Waals surface area contributed by atoms with Crippen molar-refractivity contribution in [3.63, 3.8) is 0 Å². The molecule has 1 heterocycles. The van der Waals surface area contributed by atoms with E-state index in [1.54, 1.807) is 0 Å². The van der Waals surface area contributed by atoms with Crippen LogP contribution < -0.4 is 10.0 Å². The fourth-order valence-electron chi connectivity index (χ4n) is 2.79. The summed E-state index contributed by atoms with van der Waals surface area (Å²) in [5, 5.41) is 8.56. The molecule has 2 aromatic carbocycles. The number of primary sulfonamides is 1. The molecule has 164 valence electrons. The summed E-state index contributed by atoms with van der Waals surface area (Å²) in [7, 11) is -2.58. The van der Waals surface area contributed by atoms with Gasteiger partial charge in [-0.3, -0.25) is 4.79 Å². The lowest BCUT2D eigenvalue weighted by Crippen LogP contribution is -2.22. The van der Waals surface area contributed by atoms with Gasteiger partial charge in [-0.2, -0.15) is 18.3 Å². The van der Waals surface area contributed by atoms with Gasteiger partial charge in [-0.1, -0.05) is 0 Å². The molecule has 3 aromatic rings. The third kappa shape index (κ3) is 4.59. The second-order valence-corrected chi connectivity index (χ2v) is 8.17. The maximum absolute atomic E-state index is 14.8. The number of hydrogen-bond acceptors (Lipinski definition) is 4. The van der Waals surface area contributed by atoms with Crippen LogP contribution in [0, 0.1) is 5.82 Å². The van der Waals surface area contributed by atoms with E-state index in [4.69, 9.17) is 5.14 Å². The lowest BCUT2D eigenvalue weighted by molar-refractivity contribution is -0.141. The largest absolute Gasteiger partial charge is 0.435 e. The zero-order valence-electron chi connectivity index (χ0n) is 16.2. The van der Waals surface area contributed by atoms with E-state index in [9.17, 15) is 30.8 Å². The van der Waals surface area contributed by atoms with Gasteiger partial charge >= 0.3 is 6.18 Å². The van der Waals surface area contributed by atoms with Gasteiger partial charge in [0.05, 0.1) is 16.3 Å². The first-order valence-electron chi connectivity index (χ1n) is 8.64. The molecule has 1 amide bonds. The first-order chi connectivity index (χ1) is 14.3. The lowest BCUT2D eigenvalue weighted by atomic mass is 10.1. The van der Waals surface area contributed by atoms with Crippen molar-refractivity contribution in [2.24, 2.45) is 5.14 Å². The number of anilines is 1. The van der Waals surface area contributed by atoms with Crippen LogP contribution in [0.1, 0.15) is 12.6 Å². The molecule has 31 heavy (non-hydrogen) atoms. The van der Waals surface area contributed by atoms with Crippen LogP contribution in [0.2, 0.25) is 0 Å². The van der Waals surface area contributed by atoms with Gasteiger partial charge in [0.1, 0.15) is 5.82 Å². The first kappa shape index (κ1) is 22.4. The smallest absolute Gasteiger partial charge is 0.316 e. The molecule has 0 aliphatic rings. The maximum atomic E-state index is 14.8. The van der Waals surface area contributed by atoms with E-state index in [2.05, 4.69) is 5.10 Å². The van der Waals surface area contributed by atoms with Crippen LogP contribution >= 0.6 is 0 Å². The monoisotopic (exact) mass is 456 g/mol. The number of sulfonamides is 1. The van der Waals surface area contributed by atoms with Crippen LogP contribution in [0.25, 0.3) is 16.9 Å². The van der Waals surface area contributed by atoms with Crippen LogP contribution in [0.5, 0.6) is 0 Å². The second kappa shape index (κ2) is 7.78. The number of alkyl halides is 3. The molecule has 0 saturated carbocycles. The summed E-state index contributed by atoms with van der Waals surface area (Å²) < 4.78 is 78.3. The summed E-state index contributed by atoms with van der Waals surface area (Å²) in [5.41, 5.74) is -1.40. The van der Waals surface area contributed by atoms with Crippen molar-refractivity contribution in [2.45, 2.75) is 18.0 Å². The number of carbonyl (C=O) groups is 1. The number of rotatable bonds is 4. The van der Waals surface area contributed by atoms with Crippen LogP contribution in [0.15, 0.2) is 53.4 Å². The molecule has 7 nitrogen and oxygen atoms in total. The van der Waals surface area contributed by atoms with Crippen LogP contribution in [0.3, 0.4) is 0 Å². The van der Waals surface area contributed by atoms with Crippen molar-refractivity contribution in [1.82, 2.24) is 9.78 Å². The lowest BCUT2D eigenvalue weighted by Gasteiger charge is -2.16. The molecule has 0 spiro atoms. The normalized spacial score (nSPS) is 12.1. The number of nitrogens with two attached hydrogens (primary N) is 1. The minimum Gasteiger partial charge on any atom is -0.316 e. The molecular weight excluding hydrogens is 440 g/mol. The Kier molecular flexibility index (Phi) is 5.63. The highest BCUT2D eigenvalue weighted by Crippen LogP contribution is 2.35. The van der Waals surface area contributed by atoms with Crippen LogP contribution in [0.4, 0.5) is 23.2 Å². The number of amides is 1. The molecular formula is C19H16F4N4O3S. The zero-order valence-corrected chi connectivity index (χ0v) is 17.0. The Morgan fingerprint density at radius 1 is 1.10 bits per heavy atom. The summed E-state index contributed by atoms with van der Waals surface area (Å²) in [6.07, 6.45) is -4.80. The van der Waals surface area contributed by atoms with E-state index in [1.165, 1.54) is 43.1 Å². The van der Waals surface area contributed by atoms with Crippen molar-refractivity contribution in [3.05, 3.63) is 60.0 Å². The van der Waals surface area contributed by atoms with E-state index >= 15 is 0 Å². The van der Waals surface area contributed by atoms with Crippen molar-refractivity contribution < 1.29 is 30.8 Å². The fourth-order valence-corrected chi connectivity index (χ4v) is 3.30. The predicted octanol–water partition coefficient (Wildman–Crippen LogP) is 3.33. The van der Waals surface area contributed by atoms with Crippen molar-refractivity contribution in [2.75, 3.05) is 11.9 Å². The average Bonchev–Trinajstić information content (AvgIpc) is 3.12. The Morgan fingerprint density at radius 2 is 1.71 bits per heavy atom. The van der Waals surface area contributed by atoms with E-state index in [0.717, 1.165) is 22.9 Å². The molecule has 0 aliphatic heterocycles. The number of halogens is 4. The molecule has 0 aliphatic carbocycles. The average molecular weight is 456 g/mol. The highest BCUT2D eigenvalue weighted by atomic mass is 32.2. The Morgan fingerprint density at radius 3 is 2.19 bits per heavy atom. The summed E-state index contributed by atoms with van der Waals surface area (Å²) in [4.78, 5) is 12.4. The zero-order chi connectivity index (χ0) is 23.1. The molecule has 0 atom stereocenters. The number of nitrogens with zero attached hydrogens (tertiary/aromatic N) is 3. The summed E-state index contributed by atoms with van der Waals surface area (Å²) in [5.74, 6) is -1.23.